The lowest BCUT2D eigenvalue weighted by Crippen LogP contribution is -2.32. The summed E-state index contributed by atoms with van der Waals surface area (Å²) >= 11 is 0. The molecule has 1 rings (SSSR count). The lowest BCUT2D eigenvalue weighted by molar-refractivity contribution is 0.131. The minimum Gasteiger partial charge on any atom is -0.508 e. The molecular weight excluding hydrogens is 230 g/mol. The summed E-state index contributed by atoms with van der Waals surface area (Å²) in [6.07, 6.45) is 0. The largest absolute Gasteiger partial charge is 0.508 e. The maximum absolute atomic E-state index is 9.59. The van der Waals surface area contributed by atoms with Crippen LogP contribution in [0.4, 0.5) is 0 Å². The monoisotopic (exact) mass is 247 g/mol. The van der Waals surface area contributed by atoms with Crippen LogP contribution in [-0.2, 0) is 0 Å². The van der Waals surface area contributed by atoms with Crippen LogP contribution in [0, 0.1) is 5.41 Å². The molecule has 1 aromatic rings. The summed E-state index contributed by atoms with van der Waals surface area (Å²) in [6.45, 7) is 3.49. The van der Waals surface area contributed by atoms with Gasteiger partial charge in [0.1, 0.15) is 11.5 Å². The van der Waals surface area contributed by atoms with Crippen LogP contribution < -0.4 is 5.73 Å². The summed E-state index contributed by atoms with van der Waals surface area (Å²) < 4.78 is 0. The van der Waals surface area contributed by atoms with Crippen molar-refractivity contribution in [1.29, 1.82) is 0 Å². The van der Waals surface area contributed by atoms with E-state index in [1.165, 1.54) is 18.2 Å². The van der Waals surface area contributed by atoms with Gasteiger partial charge in [0.05, 0.1) is 0 Å². The van der Waals surface area contributed by atoms with Gasteiger partial charge in [-0.25, -0.2) is 0 Å². The molecule has 0 saturated carbocycles. The molecule has 0 aromatic heterocycles. The molecule has 0 unspecified atom stereocenters. The number of halogens is 1. The molecule has 0 spiro atoms. The predicted octanol–water partition coefficient (Wildman–Crippen LogP) is 1.54. The van der Waals surface area contributed by atoms with Gasteiger partial charge in [0.25, 0.3) is 0 Å². The highest BCUT2D eigenvalue weighted by molar-refractivity contribution is 5.85. The van der Waals surface area contributed by atoms with Gasteiger partial charge in [0.15, 0.2) is 0 Å². The van der Waals surface area contributed by atoms with Gasteiger partial charge >= 0.3 is 0 Å². The first-order chi connectivity index (χ1) is 6.88. The fourth-order valence-electron chi connectivity index (χ4n) is 1.31. The van der Waals surface area contributed by atoms with Gasteiger partial charge in [-0.1, -0.05) is 13.8 Å². The van der Waals surface area contributed by atoms with Crippen LogP contribution in [0.2, 0.25) is 0 Å². The average Bonchev–Trinajstić information content (AvgIpc) is 2.20. The van der Waals surface area contributed by atoms with Crippen molar-refractivity contribution < 1.29 is 15.3 Å². The first-order valence-electron chi connectivity index (χ1n) is 4.77. The Morgan fingerprint density at radius 1 is 1.31 bits per heavy atom. The van der Waals surface area contributed by atoms with Crippen molar-refractivity contribution in [3.63, 3.8) is 0 Å². The smallest absolute Gasteiger partial charge is 0.120 e. The summed E-state index contributed by atoms with van der Waals surface area (Å²) in [5.41, 5.74) is 5.81. The third-order valence-corrected chi connectivity index (χ3v) is 2.60. The van der Waals surface area contributed by atoms with Crippen LogP contribution in [-0.4, -0.2) is 21.9 Å². The highest BCUT2D eigenvalue weighted by atomic mass is 35.5. The first kappa shape index (κ1) is 15.0. The zero-order chi connectivity index (χ0) is 11.6. The van der Waals surface area contributed by atoms with E-state index in [0.29, 0.717) is 5.56 Å². The number of hydrogen-bond acceptors (Lipinski definition) is 4. The summed E-state index contributed by atoms with van der Waals surface area (Å²) in [6, 6.07) is 3.65. The number of nitrogens with two attached hydrogens (primary N) is 1. The molecule has 0 aliphatic heterocycles. The number of aromatic hydroxyl groups is 2. The average molecular weight is 248 g/mol. The number of phenols is 2. The van der Waals surface area contributed by atoms with E-state index < -0.39 is 11.5 Å². The zero-order valence-electron chi connectivity index (χ0n) is 9.34. The fraction of sp³-hybridized carbons (Fsp3) is 0.455. The summed E-state index contributed by atoms with van der Waals surface area (Å²) in [7, 11) is 0. The molecule has 5 heteroatoms. The molecule has 92 valence electrons. The Hall–Kier alpha value is -0.970. The number of aliphatic hydroxyl groups excluding tert-OH is 1. The normalized spacial score (nSPS) is 13.0. The molecule has 0 bridgehead atoms. The van der Waals surface area contributed by atoms with Gasteiger partial charge in [-0.15, -0.1) is 12.4 Å². The van der Waals surface area contributed by atoms with Crippen molar-refractivity contribution in [2.24, 2.45) is 11.1 Å². The Morgan fingerprint density at radius 2 is 1.88 bits per heavy atom. The quantitative estimate of drug-likeness (QED) is 0.611. The third kappa shape index (κ3) is 3.01. The van der Waals surface area contributed by atoms with Crippen molar-refractivity contribution in [3.8, 4) is 11.5 Å². The number of hydrogen-bond donors (Lipinski definition) is 4. The zero-order valence-corrected chi connectivity index (χ0v) is 10.2. The number of rotatable bonds is 3. The Kier molecular flexibility index (Phi) is 5.06. The van der Waals surface area contributed by atoms with Crippen LogP contribution in [0.3, 0.4) is 0 Å². The summed E-state index contributed by atoms with van der Waals surface area (Å²) in [5, 5.41) is 28.0. The van der Waals surface area contributed by atoms with Crippen molar-refractivity contribution in [2.45, 2.75) is 19.9 Å². The molecule has 1 atom stereocenters. The molecule has 0 heterocycles. The van der Waals surface area contributed by atoms with Gasteiger partial charge in [-0.2, -0.15) is 0 Å². The van der Waals surface area contributed by atoms with Gasteiger partial charge < -0.3 is 21.1 Å². The molecule has 0 amide bonds. The standard InChI is InChI=1S/C11H17NO3.ClH/c1-11(2,6-13)10(12)8-5-7(14)3-4-9(8)15;/h3-5,10,13-15H,6,12H2,1-2H3;1H/t10-;/m1./s1. The van der Waals surface area contributed by atoms with E-state index in [1.54, 1.807) is 13.8 Å². The molecule has 16 heavy (non-hydrogen) atoms. The van der Waals surface area contributed by atoms with Crippen LogP contribution in [0.15, 0.2) is 18.2 Å². The lowest BCUT2D eigenvalue weighted by Gasteiger charge is -2.30. The van der Waals surface area contributed by atoms with Crippen LogP contribution in [0.5, 0.6) is 11.5 Å². The number of aliphatic hydroxyl groups is 1. The molecular formula is C11H18ClNO3. The summed E-state index contributed by atoms with van der Waals surface area (Å²) in [5.74, 6) is 0.0776. The van der Waals surface area contributed by atoms with E-state index in [-0.39, 0.29) is 30.5 Å². The lowest BCUT2D eigenvalue weighted by atomic mass is 9.81. The van der Waals surface area contributed by atoms with E-state index in [1.807, 2.05) is 0 Å². The Morgan fingerprint density at radius 3 is 2.38 bits per heavy atom. The van der Waals surface area contributed by atoms with Crippen LogP contribution in [0.25, 0.3) is 0 Å². The molecule has 0 radical (unpaired) electrons. The van der Waals surface area contributed by atoms with Crippen LogP contribution in [0.1, 0.15) is 25.5 Å². The van der Waals surface area contributed by atoms with E-state index >= 15 is 0 Å². The van der Waals surface area contributed by atoms with Gasteiger partial charge in [0.2, 0.25) is 0 Å². The minimum atomic E-state index is -0.550. The van der Waals surface area contributed by atoms with Crippen molar-refractivity contribution in [1.82, 2.24) is 0 Å². The fourth-order valence-corrected chi connectivity index (χ4v) is 1.31. The topological polar surface area (TPSA) is 86.7 Å². The van der Waals surface area contributed by atoms with Crippen molar-refractivity contribution >= 4 is 12.4 Å². The Bertz CT molecular complexity index is 355. The first-order valence-corrected chi connectivity index (χ1v) is 4.77. The molecule has 0 saturated heterocycles. The molecule has 5 N–H and O–H groups in total. The second-order valence-corrected chi connectivity index (χ2v) is 4.37. The molecule has 1 aromatic carbocycles. The number of benzene rings is 1. The second kappa shape index (κ2) is 5.39. The van der Waals surface area contributed by atoms with Crippen molar-refractivity contribution in [2.75, 3.05) is 6.61 Å². The SMILES string of the molecule is CC(C)(CO)[C@H](N)c1cc(O)ccc1O.Cl. The van der Waals surface area contributed by atoms with E-state index in [9.17, 15) is 10.2 Å². The highest BCUT2D eigenvalue weighted by Gasteiger charge is 2.29. The van der Waals surface area contributed by atoms with Crippen molar-refractivity contribution in [3.05, 3.63) is 23.8 Å². The highest BCUT2D eigenvalue weighted by Crippen LogP contribution is 2.36. The molecule has 0 aliphatic rings. The van der Waals surface area contributed by atoms with E-state index in [0.717, 1.165) is 0 Å². The molecule has 0 fully saturated rings. The minimum absolute atomic E-state index is 0. The summed E-state index contributed by atoms with van der Waals surface area (Å²) in [4.78, 5) is 0. The predicted molar refractivity (Wildman–Crippen MR) is 64.8 cm³/mol. The third-order valence-electron chi connectivity index (χ3n) is 2.60. The van der Waals surface area contributed by atoms with Crippen LogP contribution >= 0.6 is 12.4 Å². The molecule has 0 aliphatic carbocycles. The van der Waals surface area contributed by atoms with Gasteiger partial charge in [0, 0.05) is 23.6 Å². The second-order valence-electron chi connectivity index (χ2n) is 4.37. The van der Waals surface area contributed by atoms with E-state index in [4.69, 9.17) is 10.8 Å². The van der Waals surface area contributed by atoms with Gasteiger partial charge in [-0.05, 0) is 18.2 Å². The molecule has 4 nitrogen and oxygen atoms in total. The Labute approximate surface area is 101 Å². The maximum atomic E-state index is 9.59. The maximum Gasteiger partial charge on any atom is 0.120 e. The number of phenolic OH excluding ortho intramolecular Hbond substituents is 2. The van der Waals surface area contributed by atoms with Gasteiger partial charge in [-0.3, -0.25) is 0 Å². The Balaban J connectivity index is 0.00000225. The van der Waals surface area contributed by atoms with E-state index in [2.05, 4.69) is 0 Å².